The summed E-state index contributed by atoms with van der Waals surface area (Å²) in [6.45, 7) is 2.02. The third-order valence-corrected chi connectivity index (χ3v) is 3.76. The lowest BCUT2D eigenvalue weighted by atomic mass is 10.0. The molecule has 0 bridgehead atoms. The Morgan fingerprint density at radius 2 is 1.92 bits per heavy atom. The van der Waals surface area contributed by atoms with Gasteiger partial charge in [0.25, 0.3) is 0 Å². The molecule has 0 atom stereocenters. The van der Waals surface area contributed by atoms with E-state index < -0.39 is 0 Å². The lowest BCUT2D eigenvalue weighted by Crippen LogP contribution is -1.98. The van der Waals surface area contributed by atoms with Crippen molar-refractivity contribution in [3.8, 4) is 23.3 Å². The molecule has 0 saturated carbocycles. The second-order valence-electron chi connectivity index (χ2n) is 5.29. The van der Waals surface area contributed by atoms with Crippen LogP contribution in [0.5, 0.6) is 17.2 Å². The Morgan fingerprint density at radius 1 is 1.17 bits per heavy atom. The van der Waals surface area contributed by atoms with Crippen LogP contribution in [0.4, 0.5) is 0 Å². The second-order valence-corrected chi connectivity index (χ2v) is 5.29. The van der Waals surface area contributed by atoms with E-state index in [4.69, 9.17) is 14.2 Å². The number of nitrogens with zero attached hydrogens (tertiary/aromatic N) is 1. The van der Waals surface area contributed by atoms with Gasteiger partial charge in [0.05, 0.1) is 18.8 Å². The van der Waals surface area contributed by atoms with Gasteiger partial charge in [-0.3, -0.25) is 4.79 Å². The van der Waals surface area contributed by atoms with Gasteiger partial charge in [-0.15, -0.1) is 0 Å². The summed E-state index contributed by atoms with van der Waals surface area (Å²) in [5, 5.41) is 9.40. The third-order valence-electron chi connectivity index (χ3n) is 3.76. The van der Waals surface area contributed by atoms with Crippen molar-refractivity contribution in [1.29, 1.82) is 5.26 Å². The predicted octanol–water partition coefficient (Wildman–Crippen LogP) is 3.52. The quantitative estimate of drug-likeness (QED) is 0.489. The average molecular weight is 321 g/mol. The Balaban J connectivity index is 1.91. The minimum absolute atomic E-state index is 0.161. The van der Waals surface area contributed by atoms with Crippen LogP contribution in [0.3, 0.4) is 0 Å². The number of ketones is 1. The lowest BCUT2D eigenvalue weighted by Gasteiger charge is -2.06. The topological polar surface area (TPSA) is 68.6 Å². The Hall–Kier alpha value is -3.26. The van der Waals surface area contributed by atoms with Gasteiger partial charge in [-0.25, -0.2) is 0 Å². The molecule has 5 nitrogen and oxygen atoms in total. The Kier molecular flexibility index (Phi) is 4.21. The summed E-state index contributed by atoms with van der Waals surface area (Å²) >= 11 is 0. The zero-order valence-electron chi connectivity index (χ0n) is 13.3. The van der Waals surface area contributed by atoms with Crippen molar-refractivity contribution < 1.29 is 19.0 Å². The number of hydrogen-bond donors (Lipinski definition) is 0. The van der Waals surface area contributed by atoms with Crippen LogP contribution >= 0.6 is 0 Å². The molecule has 1 aliphatic heterocycles. The molecule has 0 saturated heterocycles. The van der Waals surface area contributed by atoms with Crippen LogP contribution < -0.4 is 14.2 Å². The van der Waals surface area contributed by atoms with Crippen LogP contribution in [0.25, 0.3) is 5.57 Å². The second kappa shape index (κ2) is 6.47. The first-order valence-corrected chi connectivity index (χ1v) is 7.33. The number of hydrogen-bond acceptors (Lipinski definition) is 5. The highest BCUT2D eigenvalue weighted by molar-refractivity contribution is 6.10. The van der Waals surface area contributed by atoms with Crippen molar-refractivity contribution >= 4 is 11.4 Å². The third kappa shape index (κ3) is 2.95. The van der Waals surface area contributed by atoms with Gasteiger partial charge in [-0.05, 0) is 54.4 Å². The average Bonchev–Trinajstić information content (AvgIpc) is 3.07. The van der Waals surface area contributed by atoms with Gasteiger partial charge < -0.3 is 14.2 Å². The monoisotopic (exact) mass is 321 g/mol. The first-order chi connectivity index (χ1) is 11.6. The van der Waals surface area contributed by atoms with Crippen LogP contribution in [0.1, 0.15) is 21.5 Å². The molecular formula is C19H15NO4. The standard InChI is InChI=1S/C19H15NO4/c1-12-7-14(4-5-17(12)22-2)16(21)8-15(10-20)13-3-6-18-19(9-13)24-11-23-18/h3-9H,11H2,1-2H3/b15-8+. The Labute approximate surface area is 139 Å². The SMILES string of the molecule is COc1ccc(C(=O)/C=C(\C#N)c2ccc3c(c2)OCO3)cc1C. The molecule has 2 aromatic carbocycles. The van der Waals surface area contributed by atoms with Crippen molar-refractivity contribution in [3.63, 3.8) is 0 Å². The fraction of sp³-hybridized carbons (Fsp3) is 0.158. The number of nitriles is 1. The van der Waals surface area contributed by atoms with Crippen molar-refractivity contribution in [1.82, 2.24) is 0 Å². The van der Waals surface area contributed by atoms with Crippen LogP contribution in [0.15, 0.2) is 42.5 Å². The van der Waals surface area contributed by atoms with Crippen molar-refractivity contribution in [2.24, 2.45) is 0 Å². The zero-order chi connectivity index (χ0) is 17.1. The van der Waals surface area contributed by atoms with E-state index in [1.165, 1.54) is 6.08 Å². The number of fused-ring (bicyclic) bond motifs is 1. The number of carbonyl (C=O) groups is 1. The summed E-state index contributed by atoms with van der Waals surface area (Å²) in [6, 6.07) is 12.4. The minimum atomic E-state index is -0.241. The molecular weight excluding hydrogens is 306 g/mol. The minimum Gasteiger partial charge on any atom is -0.496 e. The summed E-state index contributed by atoms with van der Waals surface area (Å²) in [7, 11) is 1.58. The molecule has 0 aliphatic carbocycles. The van der Waals surface area contributed by atoms with Crippen molar-refractivity contribution in [2.75, 3.05) is 13.9 Å². The summed E-state index contributed by atoms with van der Waals surface area (Å²) in [6.07, 6.45) is 1.33. The highest BCUT2D eigenvalue weighted by Gasteiger charge is 2.15. The summed E-state index contributed by atoms with van der Waals surface area (Å²) in [4.78, 5) is 12.4. The lowest BCUT2D eigenvalue weighted by molar-refractivity contribution is 0.104. The molecule has 0 amide bonds. The fourth-order valence-corrected chi connectivity index (χ4v) is 2.49. The van der Waals surface area contributed by atoms with E-state index in [0.29, 0.717) is 28.4 Å². The molecule has 1 heterocycles. The van der Waals surface area contributed by atoms with E-state index >= 15 is 0 Å². The van der Waals surface area contributed by atoms with Gasteiger partial charge in [0.15, 0.2) is 17.3 Å². The number of rotatable bonds is 4. The number of ether oxygens (including phenoxy) is 3. The molecule has 0 unspecified atom stereocenters. The van der Waals surface area contributed by atoms with Gasteiger partial charge in [-0.1, -0.05) is 0 Å². The molecule has 3 rings (SSSR count). The van der Waals surface area contributed by atoms with E-state index in [-0.39, 0.29) is 18.1 Å². The summed E-state index contributed by atoms with van der Waals surface area (Å²) < 4.78 is 15.7. The maximum absolute atomic E-state index is 12.4. The number of methoxy groups -OCH3 is 1. The van der Waals surface area contributed by atoms with Gasteiger partial charge in [0.1, 0.15) is 5.75 Å². The van der Waals surface area contributed by atoms with Crippen molar-refractivity contribution in [3.05, 3.63) is 59.2 Å². The maximum Gasteiger partial charge on any atom is 0.231 e. The fourth-order valence-electron chi connectivity index (χ4n) is 2.49. The number of allylic oxidation sites excluding steroid dienone is 2. The van der Waals surface area contributed by atoms with E-state index in [0.717, 1.165) is 5.56 Å². The molecule has 0 spiro atoms. The molecule has 0 radical (unpaired) electrons. The molecule has 1 aliphatic rings. The molecule has 120 valence electrons. The highest BCUT2D eigenvalue weighted by atomic mass is 16.7. The first-order valence-electron chi connectivity index (χ1n) is 7.33. The maximum atomic E-state index is 12.4. The normalized spacial score (nSPS) is 12.6. The molecule has 0 fully saturated rings. The zero-order valence-corrected chi connectivity index (χ0v) is 13.3. The largest absolute Gasteiger partial charge is 0.496 e. The Bertz CT molecular complexity index is 877. The van der Waals surface area contributed by atoms with E-state index in [1.54, 1.807) is 43.5 Å². The summed E-state index contributed by atoms with van der Waals surface area (Å²) in [5.74, 6) is 1.68. The van der Waals surface area contributed by atoms with Crippen molar-refractivity contribution in [2.45, 2.75) is 6.92 Å². The molecule has 5 heteroatoms. The van der Waals surface area contributed by atoms with Crippen LogP contribution in [-0.2, 0) is 0 Å². The van der Waals surface area contributed by atoms with Crippen LogP contribution in [-0.4, -0.2) is 19.7 Å². The molecule has 24 heavy (non-hydrogen) atoms. The molecule has 0 N–H and O–H groups in total. The van der Waals surface area contributed by atoms with E-state index in [9.17, 15) is 10.1 Å². The van der Waals surface area contributed by atoms with E-state index in [2.05, 4.69) is 6.07 Å². The van der Waals surface area contributed by atoms with Crippen LogP contribution in [0, 0.1) is 18.3 Å². The number of benzene rings is 2. The molecule has 0 aromatic heterocycles. The Morgan fingerprint density at radius 3 is 2.62 bits per heavy atom. The van der Waals surface area contributed by atoms with Gasteiger partial charge >= 0.3 is 0 Å². The van der Waals surface area contributed by atoms with E-state index in [1.807, 2.05) is 6.92 Å². The van der Waals surface area contributed by atoms with Gasteiger partial charge in [-0.2, -0.15) is 5.26 Å². The molecule has 2 aromatic rings. The van der Waals surface area contributed by atoms with Crippen LogP contribution in [0.2, 0.25) is 0 Å². The predicted molar refractivity (Wildman–Crippen MR) is 88.2 cm³/mol. The number of aryl methyl sites for hydroxylation is 1. The van der Waals surface area contributed by atoms with Gasteiger partial charge in [0.2, 0.25) is 6.79 Å². The number of carbonyl (C=O) groups excluding carboxylic acids is 1. The highest BCUT2D eigenvalue weighted by Crippen LogP contribution is 2.34. The first kappa shape index (κ1) is 15.6. The summed E-state index contributed by atoms with van der Waals surface area (Å²) in [5.41, 5.74) is 2.24. The van der Waals surface area contributed by atoms with Gasteiger partial charge in [0, 0.05) is 11.6 Å². The smallest absolute Gasteiger partial charge is 0.231 e.